The molecule has 2 aromatic rings. The van der Waals surface area contributed by atoms with Gasteiger partial charge in [0.05, 0.1) is 9.58 Å². The van der Waals surface area contributed by atoms with Crippen LogP contribution in [0.1, 0.15) is 9.67 Å². The molecule has 0 atom stereocenters. The van der Waals surface area contributed by atoms with Crippen molar-refractivity contribution in [3.8, 4) is 0 Å². The summed E-state index contributed by atoms with van der Waals surface area (Å²) in [5.41, 5.74) is 0. The normalized spacial score (nSPS) is 15.5. The van der Waals surface area contributed by atoms with E-state index in [1.54, 1.807) is 11.3 Å². The zero-order chi connectivity index (χ0) is 13.4. The van der Waals surface area contributed by atoms with Gasteiger partial charge in [-0.15, -0.1) is 11.3 Å². The Balaban J connectivity index is 1.69. The van der Waals surface area contributed by atoms with Crippen LogP contribution in [0.25, 0.3) is 9.53 Å². The molecular weight excluding hydrogens is 280 g/mol. The van der Waals surface area contributed by atoms with E-state index in [0.717, 1.165) is 39.2 Å². The van der Waals surface area contributed by atoms with Crippen molar-refractivity contribution in [1.29, 1.82) is 0 Å². The van der Waals surface area contributed by atoms with Gasteiger partial charge >= 0.3 is 0 Å². The molecular formula is C12H16N4OS2. The summed E-state index contributed by atoms with van der Waals surface area (Å²) < 4.78 is 1.09. The number of carbonyl (C=O) groups is 1. The van der Waals surface area contributed by atoms with Crippen LogP contribution in [0.5, 0.6) is 0 Å². The second-order valence-electron chi connectivity index (χ2n) is 4.91. The molecule has 2 N–H and O–H groups in total. The van der Waals surface area contributed by atoms with Crippen LogP contribution in [0.3, 0.4) is 0 Å². The molecule has 0 aliphatic carbocycles. The number of nitrogens with zero attached hydrogens (tertiary/aromatic N) is 2. The maximum Gasteiger partial charge on any atom is 0.261 e. The summed E-state index contributed by atoms with van der Waals surface area (Å²) in [5, 5.41) is 7.16. The van der Waals surface area contributed by atoms with Crippen LogP contribution in [-0.2, 0) is 0 Å². The van der Waals surface area contributed by atoms with E-state index >= 15 is 0 Å². The topological polar surface area (TPSA) is 57.3 Å². The van der Waals surface area contributed by atoms with E-state index in [1.165, 1.54) is 11.3 Å². The Morgan fingerprint density at radius 2 is 2.32 bits per heavy atom. The second kappa shape index (κ2) is 5.07. The van der Waals surface area contributed by atoms with Crippen molar-refractivity contribution in [3.05, 3.63) is 10.9 Å². The van der Waals surface area contributed by atoms with Crippen molar-refractivity contribution >= 4 is 43.2 Å². The number of hydrogen-bond donors (Lipinski definition) is 2. The number of thiophene rings is 1. The predicted molar refractivity (Wildman–Crippen MR) is 80.5 cm³/mol. The molecule has 0 bridgehead atoms. The van der Waals surface area contributed by atoms with Crippen LogP contribution in [0.2, 0.25) is 0 Å². The van der Waals surface area contributed by atoms with Gasteiger partial charge in [-0.25, -0.2) is 4.98 Å². The van der Waals surface area contributed by atoms with Gasteiger partial charge < -0.3 is 15.5 Å². The third-order valence-electron chi connectivity index (χ3n) is 3.10. The minimum Gasteiger partial charge on any atom is -0.354 e. The summed E-state index contributed by atoms with van der Waals surface area (Å²) >= 11 is 3.08. The summed E-state index contributed by atoms with van der Waals surface area (Å²) in [5.74, 6) is 0.608. The molecule has 1 aliphatic rings. The predicted octanol–water partition coefficient (Wildman–Crippen LogP) is 1.37. The average molecular weight is 296 g/mol. The van der Waals surface area contributed by atoms with E-state index in [-0.39, 0.29) is 5.91 Å². The first-order chi connectivity index (χ1) is 9.13. The fraction of sp³-hybridized carbons (Fsp3) is 0.500. The lowest BCUT2D eigenvalue weighted by molar-refractivity contribution is 0.0946. The average Bonchev–Trinajstić information content (AvgIpc) is 2.83. The SMILES string of the molecule is CN(C)c1nc2sc(C(=O)NCC3CNC3)cc2s1. The first-order valence-corrected chi connectivity index (χ1v) is 7.83. The van der Waals surface area contributed by atoms with Crippen LogP contribution >= 0.6 is 22.7 Å². The van der Waals surface area contributed by atoms with E-state index in [1.807, 2.05) is 25.1 Å². The smallest absolute Gasteiger partial charge is 0.261 e. The van der Waals surface area contributed by atoms with Crippen LogP contribution in [-0.4, -0.2) is 44.6 Å². The third kappa shape index (κ3) is 2.58. The van der Waals surface area contributed by atoms with Gasteiger partial charge in [-0.05, 0) is 6.07 Å². The quantitative estimate of drug-likeness (QED) is 0.895. The van der Waals surface area contributed by atoms with Gasteiger partial charge in [0.1, 0.15) is 4.83 Å². The van der Waals surface area contributed by atoms with E-state index in [2.05, 4.69) is 15.6 Å². The molecule has 1 fully saturated rings. The summed E-state index contributed by atoms with van der Waals surface area (Å²) in [4.78, 5) is 20.2. The number of nitrogens with one attached hydrogen (secondary N) is 2. The first kappa shape index (κ1) is 12.8. The largest absolute Gasteiger partial charge is 0.354 e. The molecule has 5 nitrogen and oxygen atoms in total. The summed E-state index contributed by atoms with van der Waals surface area (Å²) in [6, 6.07) is 1.94. The molecule has 1 saturated heterocycles. The molecule has 0 spiro atoms. The highest BCUT2D eigenvalue weighted by Crippen LogP contribution is 2.33. The van der Waals surface area contributed by atoms with Crippen molar-refractivity contribution in [3.63, 3.8) is 0 Å². The highest BCUT2D eigenvalue weighted by molar-refractivity contribution is 7.29. The first-order valence-electron chi connectivity index (χ1n) is 6.20. The van der Waals surface area contributed by atoms with Crippen LogP contribution in [0.4, 0.5) is 5.13 Å². The lowest BCUT2D eigenvalue weighted by atomic mass is 10.0. The number of amides is 1. The lowest BCUT2D eigenvalue weighted by Gasteiger charge is -2.26. The number of aromatic nitrogens is 1. The molecule has 3 rings (SSSR count). The molecule has 19 heavy (non-hydrogen) atoms. The molecule has 0 radical (unpaired) electrons. The molecule has 7 heteroatoms. The fourth-order valence-electron chi connectivity index (χ4n) is 1.84. The zero-order valence-corrected chi connectivity index (χ0v) is 12.5. The summed E-state index contributed by atoms with van der Waals surface area (Å²) in [7, 11) is 3.95. The standard InChI is InChI=1S/C12H16N4OS2/c1-16(2)12-15-11-9(19-12)3-8(18-11)10(17)14-6-7-4-13-5-7/h3,7,13H,4-6H2,1-2H3,(H,14,17). The zero-order valence-electron chi connectivity index (χ0n) is 10.9. The summed E-state index contributed by atoms with van der Waals surface area (Å²) in [6.07, 6.45) is 0. The van der Waals surface area contributed by atoms with Gasteiger partial charge in [0.25, 0.3) is 5.91 Å². The van der Waals surface area contributed by atoms with Crippen LogP contribution in [0.15, 0.2) is 6.07 Å². The van der Waals surface area contributed by atoms with Crippen molar-refractivity contribution in [2.45, 2.75) is 0 Å². The van der Waals surface area contributed by atoms with Gasteiger partial charge in [-0.2, -0.15) is 0 Å². The monoisotopic (exact) mass is 296 g/mol. The Morgan fingerprint density at radius 1 is 1.53 bits per heavy atom. The minimum atomic E-state index is 0.0218. The number of fused-ring (bicyclic) bond motifs is 1. The Morgan fingerprint density at radius 3 is 2.89 bits per heavy atom. The van der Waals surface area contributed by atoms with Crippen LogP contribution in [0, 0.1) is 5.92 Å². The van der Waals surface area contributed by atoms with Gasteiger partial charge in [-0.3, -0.25) is 4.79 Å². The van der Waals surface area contributed by atoms with Crippen molar-refractivity contribution < 1.29 is 4.79 Å². The van der Waals surface area contributed by atoms with Gasteiger partial charge in [0, 0.05) is 39.6 Å². The fourth-order valence-corrected chi connectivity index (χ4v) is 3.89. The molecule has 0 aromatic carbocycles. The van der Waals surface area contributed by atoms with Gasteiger partial charge in [0.15, 0.2) is 5.13 Å². The lowest BCUT2D eigenvalue weighted by Crippen LogP contribution is -2.48. The van der Waals surface area contributed by atoms with Crippen LogP contribution < -0.4 is 15.5 Å². The van der Waals surface area contributed by atoms with Gasteiger partial charge in [-0.1, -0.05) is 11.3 Å². The second-order valence-corrected chi connectivity index (χ2v) is 6.94. The highest BCUT2D eigenvalue weighted by Gasteiger charge is 2.19. The minimum absolute atomic E-state index is 0.0218. The molecule has 0 saturated carbocycles. The number of carbonyl (C=O) groups excluding carboxylic acids is 1. The van der Waals surface area contributed by atoms with E-state index < -0.39 is 0 Å². The molecule has 102 valence electrons. The Labute approximate surface area is 119 Å². The summed E-state index contributed by atoms with van der Waals surface area (Å²) in [6.45, 7) is 2.77. The number of hydrogen-bond acceptors (Lipinski definition) is 6. The Bertz CT molecular complexity index is 568. The van der Waals surface area contributed by atoms with Gasteiger partial charge in [0.2, 0.25) is 0 Å². The molecule has 1 amide bonds. The maximum atomic E-state index is 12.0. The number of anilines is 1. The molecule has 2 aromatic heterocycles. The number of rotatable bonds is 4. The number of thiazole rings is 1. The highest BCUT2D eigenvalue weighted by atomic mass is 32.1. The molecule has 0 unspecified atom stereocenters. The van der Waals surface area contributed by atoms with E-state index in [9.17, 15) is 4.79 Å². The maximum absolute atomic E-state index is 12.0. The third-order valence-corrected chi connectivity index (χ3v) is 5.43. The molecule has 1 aliphatic heterocycles. The van der Waals surface area contributed by atoms with Crippen molar-refractivity contribution in [1.82, 2.24) is 15.6 Å². The Kier molecular flexibility index (Phi) is 3.42. The van der Waals surface area contributed by atoms with Crippen molar-refractivity contribution in [2.24, 2.45) is 5.92 Å². The molecule has 3 heterocycles. The van der Waals surface area contributed by atoms with E-state index in [4.69, 9.17) is 0 Å². The van der Waals surface area contributed by atoms with E-state index in [0.29, 0.717) is 5.92 Å². The van der Waals surface area contributed by atoms with Crippen molar-refractivity contribution in [2.75, 3.05) is 38.6 Å². The Hall–Kier alpha value is -1.18.